The minimum atomic E-state index is -1.23. The second-order valence-electron chi connectivity index (χ2n) is 4.04. The second-order valence-corrected chi connectivity index (χ2v) is 4.04. The van der Waals surface area contributed by atoms with Crippen LogP contribution in [0.4, 0.5) is 0 Å². The summed E-state index contributed by atoms with van der Waals surface area (Å²) in [5.41, 5.74) is 2.15. The van der Waals surface area contributed by atoms with E-state index < -0.39 is 5.97 Å². The first-order valence-corrected chi connectivity index (χ1v) is 5.67. The van der Waals surface area contributed by atoms with E-state index in [1.165, 1.54) is 16.8 Å². The van der Waals surface area contributed by atoms with Crippen molar-refractivity contribution >= 4 is 5.97 Å². The van der Waals surface area contributed by atoms with Crippen LogP contribution in [0.15, 0.2) is 29.1 Å². The van der Waals surface area contributed by atoms with Crippen molar-refractivity contribution in [2.24, 2.45) is 0 Å². The van der Waals surface area contributed by atoms with Crippen molar-refractivity contribution in [1.82, 2.24) is 9.78 Å². The van der Waals surface area contributed by atoms with Gasteiger partial charge in [0.15, 0.2) is 0 Å². The number of aromatic carboxylic acids is 1. The number of nitrogens with zero attached hydrogens (tertiary/aromatic N) is 1. The molecule has 0 spiro atoms. The molecule has 1 N–H and O–H groups in total. The highest BCUT2D eigenvalue weighted by atomic mass is 16.4. The van der Waals surface area contributed by atoms with Gasteiger partial charge < -0.3 is 9.90 Å². The normalized spacial score (nSPS) is 10.6. The van der Waals surface area contributed by atoms with E-state index in [-0.39, 0.29) is 11.1 Å². The molecule has 2 aromatic rings. The summed E-state index contributed by atoms with van der Waals surface area (Å²) in [4.78, 5) is 22.7. The van der Waals surface area contributed by atoms with Crippen molar-refractivity contribution in [3.05, 3.63) is 51.4 Å². The SMILES string of the molecule is CCc1c(C)[nH]n(-c2ccc(C(=O)[O-])cc2)c1=O. The average Bonchev–Trinajstić information content (AvgIpc) is 2.64. The van der Waals surface area contributed by atoms with Gasteiger partial charge in [0.05, 0.1) is 11.7 Å². The van der Waals surface area contributed by atoms with Crippen LogP contribution < -0.4 is 10.7 Å². The molecule has 2 rings (SSSR count). The number of carboxylic acids is 1. The Bertz CT molecular complexity index is 635. The summed E-state index contributed by atoms with van der Waals surface area (Å²) in [6, 6.07) is 5.97. The Morgan fingerprint density at radius 1 is 1.33 bits per heavy atom. The molecule has 0 aliphatic heterocycles. The Balaban J connectivity index is 2.49. The molecule has 0 aliphatic rings. The van der Waals surface area contributed by atoms with Crippen molar-refractivity contribution in [2.75, 3.05) is 0 Å². The molecule has 0 bridgehead atoms. The molecule has 1 aromatic carbocycles. The molecule has 5 heteroatoms. The summed E-state index contributed by atoms with van der Waals surface area (Å²) in [5, 5.41) is 13.6. The third-order valence-corrected chi connectivity index (χ3v) is 2.91. The van der Waals surface area contributed by atoms with Crippen molar-refractivity contribution in [2.45, 2.75) is 20.3 Å². The lowest BCUT2D eigenvalue weighted by atomic mass is 10.2. The van der Waals surface area contributed by atoms with E-state index in [1.54, 1.807) is 12.1 Å². The molecule has 0 fully saturated rings. The molecule has 0 saturated heterocycles. The molecule has 0 unspecified atom stereocenters. The van der Waals surface area contributed by atoms with E-state index in [4.69, 9.17) is 0 Å². The van der Waals surface area contributed by atoms with E-state index in [1.807, 2.05) is 13.8 Å². The fourth-order valence-corrected chi connectivity index (χ4v) is 1.93. The summed E-state index contributed by atoms with van der Waals surface area (Å²) in [6.07, 6.45) is 0.658. The van der Waals surface area contributed by atoms with Crippen LogP contribution in [-0.4, -0.2) is 15.7 Å². The van der Waals surface area contributed by atoms with Gasteiger partial charge in [-0.15, -0.1) is 0 Å². The average molecular weight is 245 g/mol. The number of carboxylic acid groups (broad SMARTS) is 1. The van der Waals surface area contributed by atoms with Gasteiger partial charge in [0.2, 0.25) is 0 Å². The van der Waals surface area contributed by atoms with Crippen LogP contribution in [0.3, 0.4) is 0 Å². The summed E-state index contributed by atoms with van der Waals surface area (Å²) in [5.74, 6) is -1.23. The standard InChI is InChI=1S/C13H14N2O3/c1-3-11-8(2)14-15(12(11)16)10-6-4-9(5-7-10)13(17)18/h4-7,14H,3H2,1-2H3,(H,17,18)/p-1. The third kappa shape index (κ3) is 1.95. The van der Waals surface area contributed by atoms with Gasteiger partial charge in [0.25, 0.3) is 5.56 Å². The molecule has 0 saturated carbocycles. The Morgan fingerprint density at radius 3 is 2.39 bits per heavy atom. The number of carbonyl (C=O) groups is 1. The molecular weight excluding hydrogens is 232 g/mol. The number of H-pyrrole nitrogens is 1. The summed E-state index contributed by atoms with van der Waals surface area (Å²) in [6.45, 7) is 3.76. The zero-order chi connectivity index (χ0) is 13.3. The number of aryl methyl sites for hydroxylation is 1. The molecule has 1 aromatic heterocycles. The predicted octanol–water partition coefficient (Wildman–Crippen LogP) is 0.400. The molecule has 0 atom stereocenters. The van der Waals surface area contributed by atoms with Crippen LogP contribution in [-0.2, 0) is 6.42 Å². The van der Waals surface area contributed by atoms with Gasteiger partial charge in [-0.25, -0.2) is 4.68 Å². The molecule has 5 nitrogen and oxygen atoms in total. The third-order valence-electron chi connectivity index (χ3n) is 2.91. The first kappa shape index (κ1) is 12.2. The molecule has 0 aliphatic carbocycles. The predicted molar refractivity (Wildman–Crippen MR) is 64.8 cm³/mol. The lowest BCUT2D eigenvalue weighted by Crippen LogP contribution is -2.22. The van der Waals surface area contributed by atoms with Gasteiger partial charge in [0, 0.05) is 11.3 Å². The molecule has 18 heavy (non-hydrogen) atoms. The number of carbonyl (C=O) groups excluding carboxylic acids is 1. The number of aromatic amines is 1. The molecular formula is C13H13N2O3-. The van der Waals surface area contributed by atoms with Gasteiger partial charge in [0.1, 0.15) is 0 Å². The van der Waals surface area contributed by atoms with Crippen LogP contribution in [0.25, 0.3) is 5.69 Å². The highest BCUT2D eigenvalue weighted by molar-refractivity contribution is 5.85. The fraction of sp³-hybridized carbons (Fsp3) is 0.231. The summed E-state index contributed by atoms with van der Waals surface area (Å²) < 4.78 is 1.41. The maximum Gasteiger partial charge on any atom is 0.274 e. The number of aromatic nitrogens is 2. The van der Waals surface area contributed by atoms with Gasteiger partial charge in [-0.3, -0.25) is 9.89 Å². The maximum absolute atomic E-state index is 12.0. The van der Waals surface area contributed by atoms with Gasteiger partial charge in [-0.1, -0.05) is 19.1 Å². The van der Waals surface area contributed by atoms with Gasteiger partial charge in [-0.2, -0.15) is 0 Å². The fourth-order valence-electron chi connectivity index (χ4n) is 1.93. The molecule has 0 radical (unpaired) electrons. The highest BCUT2D eigenvalue weighted by Crippen LogP contribution is 2.09. The van der Waals surface area contributed by atoms with E-state index in [0.717, 1.165) is 11.3 Å². The Hall–Kier alpha value is -2.30. The zero-order valence-corrected chi connectivity index (χ0v) is 10.2. The van der Waals surface area contributed by atoms with E-state index in [2.05, 4.69) is 5.10 Å². The molecule has 0 amide bonds. The highest BCUT2D eigenvalue weighted by Gasteiger charge is 2.10. The Kier molecular flexibility index (Phi) is 3.06. The first-order valence-electron chi connectivity index (χ1n) is 5.67. The van der Waals surface area contributed by atoms with Crippen molar-refractivity contribution in [1.29, 1.82) is 0 Å². The lowest BCUT2D eigenvalue weighted by molar-refractivity contribution is -0.255. The first-order chi connectivity index (χ1) is 8.54. The van der Waals surface area contributed by atoms with Crippen molar-refractivity contribution < 1.29 is 9.90 Å². The number of rotatable bonds is 3. The summed E-state index contributed by atoms with van der Waals surface area (Å²) >= 11 is 0. The van der Waals surface area contributed by atoms with E-state index in [9.17, 15) is 14.7 Å². The maximum atomic E-state index is 12.0. The number of hydrogen-bond donors (Lipinski definition) is 1. The van der Waals surface area contributed by atoms with E-state index >= 15 is 0 Å². The van der Waals surface area contributed by atoms with Crippen molar-refractivity contribution in [3.8, 4) is 5.69 Å². The van der Waals surface area contributed by atoms with Crippen LogP contribution >= 0.6 is 0 Å². The smallest absolute Gasteiger partial charge is 0.274 e. The largest absolute Gasteiger partial charge is 0.545 e. The summed E-state index contributed by atoms with van der Waals surface area (Å²) in [7, 11) is 0. The van der Waals surface area contributed by atoms with E-state index in [0.29, 0.717) is 12.1 Å². The monoisotopic (exact) mass is 245 g/mol. The van der Waals surface area contributed by atoms with Crippen LogP contribution in [0, 0.1) is 6.92 Å². The molecule has 1 heterocycles. The lowest BCUT2D eigenvalue weighted by Gasteiger charge is -2.04. The second kappa shape index (κ2) is 4.52. The number of benzene rings is 1. The number of nitrogens with one attached hydrogen (secondary N) is 1. The molecule has 94 valence electrons. The minimum Gasteiger partial charge on any atom is -0.545 e. The topological polar surface area (TPSA) is 77.9 Å². The van der Waals surface area contributed by atoms with Gasteiger partial charge >= 0.3 is 0 Å². The van der Waals surface area contributed by atoms with Gasteiger partial charge in [-0.05, 0) is 31.0 Å². The van der Waals surface area contributed by atoms with Crippen LogP contribution in [0.2, 0.25) is 0 Å². The quantitative estimate of drug-likeness (QED) is 0.850. The van der Waals surface area contributed by atoms with Crippen LogP contribution in [0.5, 0.6) is 0 Å². The Labute approximate surface area is 104 Å². The Morgan fingerprint density at radius 2 is 1.94 bits per heavy atom. The minimum absolute atomic E-state index is 0.0887. The van der Waals surface area contributed by atoms with Crippen molar-refractivity contribution in [3.63, 3.8) is 0 Å². The zero-order valence-electron chi connectivity index (χ0n) is 10.2. The van der Waals surface area contributed by atoms with Crippen LogP contribution in [0.1, 0.15) is 28.5 Å². The number of hydrogen-bond acceptors (Lipinski definition) is 3.